The first-order valence-electron chi connectivity index (χ1n) is 7.97. The van der Waals surface area contributed by atoms with Crippen LogP contribution in [0.5, 0.6) is 0 Å². The maximum absolute atomic E-state index is 12.5. The summed E-state index contributed by atoms with van der Waals surface area (Å²) in [6, 6.07) is 4.70. The zero-order valence-electron chi connectivity index (χ0n) is 12.1. The molecule has 2 aliphatic rings. The zero-order chi connectivity index (χ0) is 13.9. The molecule has 0 aliphatic heterocycles. The lowest BCUT2D eigenvalue weighted by atomic mass is 9.84. The molecule has 4 nitrogen and oxygen atoms in total. The van der Waals surface area contributed by atoms with Gasteiger partial charge in [-0.3, -0.25) is 4.79 Å². The third kappa shape index (κ3) is 2.62. The first kappa shape index (κ1) is 13.7. The summed E-state index contributed by atoms with van der Waals surface area (Å²) in [6.45, 7) is 0.675. The number of nitrogens with two attached hydrogens (primary N) is 1. The average Bonchev–Trinajstić information content (AvgIpc) is 2.86. The molecule has 1 heterocycles. The summed E-state index contributed by atoms with van der Waals surface area (Å²) in [5.41, 5.74) is 6.66. The summed E-state index contributed by atoms with van der Waals surface area (Å²) >= 11 is 0. The molecule has 20 heavy (non-hydrogen) atoms. The molecule has 2 fully saturated rings. The quantitative estimate of drug-likeness (QED) is 0.886. The molecule has 1 aromatic rings. The van der Waals surface area contributed by atoms with Gasteiger partial charge in [-0.25, -0.2) is 0 Å². The van der Waals surface area contributed by atoms with Crippen molar-refractivity contribution in [2.45, 2.75) is 57.0 Å². The first-order valence-corrected chi connectivity index (χ1v) is 7.97. The number of nitrogens with one attached hydrogen (secondary N) is 1. The molecule has 0 radical (unpaired) electrons. The predicted molar refractivity (Wildman–Crippen MR) is 79.6 cm³/mol. The topological polar surface area (TPSA) is 60.0 Å². The molecule has 110 valence electrons. The number of aromatic nitrogens is 1. The highest BCUT2D eigenvalue weighted by atomic mass is 16.2. The highest BCUT2D eigenvalue weighted by Crippen LogP contribution is 2.33. The van der Waals surface area contributed by atoms with Crippen LogP contribution < -0.4 is 11.1 Å². The van der Waals surface area contributed by atoms with Crippen molar-refractivity contribution in [3.8, 4) is 0 Å². The van der Waals surface area contributed by atoms with Crippen molar-refractivity contribution in [1.82, 2.24) is 9.88 Å². The van der Waals surface area contributed by atoms with Gasteiger partial charge in [-0.05, 0) is 56.7 Å². The molecule has 2 saturated carbocycles. The minimum absolute atomic E-state index is 0.0762. The minimum atomic E-state index is 0.0762. The number of rotatable bonds is 4. The lowest BCUT2D eigenvalue weighted by molar-refractivity contribution is 0.0893. The van der Waals surface area contributed by atoms with Crippen molar-refractivity contribution >= 4 is 5.91 Å². The first-order chi connectivity index (χ1) is 9.79. The third-order valence-corrected chi connectivity index (χ3v) is 5.01. The standard InChI is InChI=1S/C16H25N3O/c17-11-12-5-1-2-8-14(12)18-16(20)15-9-4-10-19(15)13-6-3-7-13/h4,9-10,12-14H,1-3,5-8,11,17H2,(H,18,20). The predicted octanol–water partition coefficient (Wildman–Crippen LogP) is 2.46. The van der Waals surface area contributed by atoms with Gasteiger partial charge < -0.3 is 15.6 Å². The minimum Gasteiger partial charge on any atom is -0.348 e. The van der Waals surface area contributed by atoms with Crippen LogP contribution in [0.15, 0.2) is 18.3 Å². The van der Waals surface area contributed by atoms with Crippen molar-refractivity contribution in [1.29, 1.82) is 0 Å². The number of nitrogens with zero attached hydrogens (tertiary/aromatic N) is 1. The van der Waals surface area contributed by atoms with E-state index in [1.165, 1.54) is 32.1 Å². The van der Waals surface area contributed by atoms with E-state index in [9.17, 15) is 4.79 Å². The van der Waals surface area contributed by atoms with Gasteiger partial charge in [0.05, 0.1) is 0 Å². The van der Waals surface area contributed by atoms with E-state index >= 15 is 0 Å². The van der Waals surface area contributed by atoms with E-state index in [2.05, 4.69) is 9.88 Å². The molecule has 3 N–H and O–H groups in total. The zero-order valence-corrected chi connectivity index (χ0v) is 12.1. The van der Waals surface area contributed by atoms with Crippen LogP contribution in [0.3, 0.4) is 0 Å². The number of carbonyl (C=O) groups is 1. The lowest BCUT2D eigenvalue weighted by Gasteiger charge is -2.32. The van der Waals surface area contributed by atoms with Gasteiger partial charge in [0.1, 0.15) is 5.69 Å². The average molecular weight is 275 g/mol. The van der Waals surface area contributed by atoms with Crippen molar-refractivity contribution in [2.24, 2.45) is 11.7 Å². The molecule has 2 atom stereocenters. The SMILES string of the molecule is NCC1CCCCC1NC(=O)c1cccn1C1CCC1. The van der Waals surface area contributed by atoms with Gasteiger partial charge in [-0.1, -0.05) is 12.8 Å². The molecule has 1 amide bonds. The van der Waals surface area contributed by atoms with E-state index in [-0.39, 0.29) is 11.9 Å². The van der Waals surface area contributed by atoms with Crippen molar-refractivity contribution in [2.75, 3.05) is 6.54 Å². The van der Waals surface area contributed by atoms with E-state index in [0.29, 0.717) is 18.5 Å². The fourth-order valence-electron chi connectivity index (χ4n) is 3.49. The summed E-state index contributed by atoms with van der Waals surface area (Å²) in [4.78, 5) is 12.5. The van der Waals surface area contributed by atoms with Crippen LogP contribution >= 0.6 is 0 Å². The highest BCUT2D eigenvalue weighted by Gasteiger charge is 2.28. The van der Waals surface area contributed by atoms with E-state index in [0.717, 1.165) is 18.5 Å². The summed E-state index contributed by atoms with van der Waals surface area (Å²) in [7, 11) is 0. The molecule has 0 saturated heterocycles. The van der Waals surface area contributed by atoms with Crippen LogP contribution in [0, 0.1) is 5.92 Å². The summed E-state index contributed by atoms with van der Waals surface area (Å²) < 4.78 is 2.15. The second kappa shape index (κ2) is 6.00. The van der Waals surface area contributed by atoms with E-state index in [4.69, 9.17) is 5.73 Å². The number of hydrogen-bond acceptors (Lipinski definition) is 2. The van der Waals surface area contributed by atoms with Crippen LogP contribution in [0.1, 0.15) is 61.5 Å². The Hall–Kier alpha value is -1.29. The van der Waals surface area contributed by atoms with Gasteiger partial charge in [0.15, 0.2) is 0 Å². The Morgan fingerprint density at radius 2 is 2.05 bits per heavy atom. The van der Waals surface area contributed by atoms with E-state index < -0.39 is 0 Å². The largest absolute Gasteiger partial charge is 0.348 e. The smallest absolute Gasteiger partial charge is 0.268 e. The van der Waals surface area contributed by atoms with Gasteiger partial charge in [-0.15, -0.1) is 0 Å². The highest BCUT2D eigenvalue weighted by molar-refractivity contribution is 5.93. The van der Waals surface area contributed by atoms with E-state index in [1.807, 2.05) is 18.3 Å². The van der Waals surface area contributed by atoms with Crippen LogP contribution in [0.2, 0.25) is 0 Å². The van der Waals surface area contributed by atoms with E-state index in [1.54, 1.807) is 0 Å². The Bertz CT molecular complexity index is 464. The Labute approximate surface area is 120 Å². The summed E-state index contributed by atoms with van der Waals surface area (Å²) in [5, 5.41) is 3.23. The second-order valence-corrected chi connectivity index (χ2v) is 6.25. The maximum atomic E-state index is 12.5. The Morgan fingerprint density at radius 1 is 1.25 bits per heavy atom. The fourth-order valence-corrected chi connectivity index (χ4v) is 3.49. The normalized spacial score (nSPS) is 27.1. The third-order valence-electron chi connectivity index (χ3n) is 5.01. The molecule has 0 aromatic carbocycles. The Balaban J connectivity index is 1.68. The van der Waals surface area contributed by atoms with Gasteiger partial charge >= 0.3 is 0 Å². The maximum Gasteiger partial charge on any atom is 0.268 e. The Morgan fingerprint density at radius 3 is 2.75 bits per heavy atom. The van der Waals surface area contributed by atoms with Crippen molar-refractivity contribution in [3.05, 3.63) is 24.0 Å². The molecule has 1 aromatic heterocycles. The van der Waals surface area contributed by atoms with Gasteiger partial charge in [0, 0.05) is 18.3 Å². The van der Waals surface area contributed by atoms with Gasteiger partial charge in [-0.2, -0.15) is 0 Å². The summed E-state index contributed by atoms with van der Waals surface area (Å²) in [5.74, 6) is 0.520. The van der Waals surface area contributed by atoms with Crippen molar-refractivity contribution in [3.63, 3.8) is 0 Å². The van der Waals surface area contributed by atoms with Gasteiger partial charge in [0.2, 0.25) is 0 Å². The number of hydrogen-bond donors (Lipinski definition) is 2. The molecule has 0 bridgehead atoms. The number of amides is 1. The summed E-state index contributed by atoms with van der Waals surface area (Å²) in [6.07, 6.45) is 10.4. The van der Waals surface area contributed by atoms with Crippen LogP contribution in [-0.2, 0) is 0 Å². The van der Waals surface area contributed by atoms with Gasteiger partial charge in [0.25, 0.3) is 5.91 Å². The monoisotopic (exact) mass is 275 g/mol. The van der Waals surface area contributed by atoms with Crippen LogP contribution in [0.25, 0.3) is 0 Å². The second-order valence-electron chi connectivity index (χ2n) is 6.25. The molecular weight excluding hydrogens is 250 g/mol. The van der Waals surface area contributed by atoms with Crippen molar-refractivity contribution < 1.29 is 4.79 Å². The molecule has 2 unspecified atom stereocenters. The lowest BCUT2D eigenvalue weighted by Crippen LogP contribution is -2.45. The van der Waals surface area contributed by atoms with Crippen LogP contribution in [0.4, 0.5) is 0 Å². The number of carbonyl (C=O) groups excluding carboxylic acids is 1. The Kier molecular flexibility index (Phi) is 4.10. The molecule has 0 spiro atoms. The molecule has 4 heteroatoms. The molecule has 2 aliphatic carbocycles. The fraction of sp³-hybridized carbons (Fsp3) is 0.688. The molecule has 3 rings (SSSR count). The van der Waals surface area contributed by atoms with Crippen LogP contribution in [-0.4, -0.2) is 23.1 Å². The molecular formula is C16H25N3O.